The van der Waals surface area contributed by atoms with Crippen molar-refractivity contribution in [3.05, 3.63) is 73.4 Å². The van der Waals surface area contributed by atoms with Crippen molar-refractivity contribution in [3.8, 4) is 0 Å². The van der Waals surface area contributed by atoms with Crippen molar-refractivity contribution < 1.29 is 4.79 Å². The van der Waals surface area contributed by atoms with Crippen LogP contribution in [0.15, 0.2) is 67.8 Å². The van der Waals surface area contributed by atoms with E-state index in [4.69, 9.17) is 0 Å². The van der Waals surface area contributed by atoms with Crippen LogP contribution in [0.5, 0.6) is 0 Å². The van der Waals surface area contributed by atoms with E-state index in [9.17, 15) is 4.79 Å². The molecule has 0 aliphatic carbocycles. The second-order valence-electron chi connectivity index (χ2n) is 5.24. The molecule has 0 aromatic heterocycles. The van der Waals surface area contributed by atoms with Gasteiger partial charge in [0.25, 0.3) is 0 Å². The fourth-order valence-electron chi connectivity index (χ4n) is 2.00. The average Bonchev–Trinajstić information content (AvgIpc) is 2.50. The van der Waals surface area contributed by atoms with Gasteiger partial charge in [0.05, 0.1) is 0 Å². The van der Waals surface area contributed by atoms with Gasteiger partial charge in [0, 0.05) is 5.41 Å². The van der Waals surface area contributed by atoms with E-state index in [2.05, 4.69) is 25.3 Å². The van der Waals surface area contributed by atoms with Crippen LogP contribution in [-0.2, 0) is 11.2 Å². The number of ketones is 1. The highest BCUT2D eigenvalue weighted by Gasteiger charge is 2.26. The Labute approximate surface area is 122 Å². The molecule has 0 bridgehead atoms. The second kappa shape index (κ2) is 8.31. The van der Waals surface area contributed by atoms with E-state index in [1.165, 1.54) is 5.56 Å². The predicted molar refractivity (Wildman–Crippen MR) is 86.6 cm³/mol. The van der Waals surface area contributed by atoms with Gasteiger partial charge in [-0.1, -0.05) is 48.6 Å². The lowest BCUT2D eigenvalue weighted by molar-refractivity contribution is -0.121. The molecule has 1 heteroatoms. The lowest BCUT2D eigenvalue weighted by atomic mass is 9.81. The summed E-state index contributed by atoms with van der Waals surface area (Å²) in [5.41, 5.74) is 0.819. The molecule has 1 unspecified atom stereocenters. The molecule has 1 nitrogen and oxygen atoms in total. The van der Waals surface area contributed by atoms with Gasteiger partial charge in [0.15, 0.2) is 5.78 Å². The monoisotopic (exact) mass is 268 g/mol. The van der Waals surface area contributed by atoms with Crippen LogP contribution in [0.25, 0.3) is 0 Å². The molecule has 1 aromatic carbocycles. The minimum absolute atomic E-state index is 0.127. The van der Waals surface area contributed by atoms with Gasteiger partial charge in [-0.25, -0.2) is 0 Å². The molecule has 0 saturated carbocycles. The summed E-state index contributed by atoms with van der Waals surface area (Å²) < 4.78 is 0. The van der Waals surface area contributed by atoms with Crippen molar-refractivity contribution >= 4 is 5.78 Å². The van der Waals surface area contributed by atoms with Gasteiger partial charge in [-0.15, -0.1) is 13.2 Å². The van der Waals surface area contributed by atoms with Crippen LogP contribution >= 0.6 is 0 Å². The Balaban J connectivity index is 2.49. The van der Waals surface area contributed by atoms with Gasteiger partial charge < -0.3 is 0 Å². The van der Waals surface area contributed by atoms with Crippen LogP contribution in [0.1, 0.15) is 31.7 Å². The maximum absolute atomic E-state index is 12.2. The highest BCUT2D eigenvalue weighted by Crippen LogP contribution is 2.26. The van der Waals surface area contributed by atoms with Gasteiger partial charge >= 0.3 is 0 Å². The molecule has 0 amide bonds. The minimum atomic E-state index is -0.475. The van der Waals surface area contributed by atoms with E-state index in [0.29, 0.717) is 0 Å². The number of carbonyl (C=O) groups is 1. The number of hydrogen-bond donors (Lipinski definition) is 0. The number of aryl methyl sites for hydroxylation is 1. The molecule has 0 heterocycles. The Hall–Kier alpha value is -1.89. The van der Waals surface area contributed by atoms with E-state index in [-0.39, 0.29) is 5.78 Å². The molecular formula is C19H24O. The first-order chi connectivity index (χ1) is 9.62. The lowest BCUT2D eigenvalue weighted by Gasteiger charge is -2.21. The zero-order valence-electron chi connectivity index (χ0n) is 12.3. The zero-order chi connectivity index (χ0) is 14.8. The number of benzene rings is 1. The number of carbonyl (C=O) groups excluding carboxylic acids is 1. The molecule has 0 fully saturated rings. The summed E-state index contributed by atoms with van der Waals surface area (Å²) in [6, 6.07) is 10.3. The van der Waals surface area contributed by atoms with Gasteiger partial charge in [-0.3, -0.25) is 4.79 Å². The van der Waals surface area contributed by atoms with Crippen molar-refractivity contribution in [1.29, 1.82) is 0 Å². The van der Waals surface area contributed by atoms with Gasteiger partial charge in [-0.2, -0.15) is 0 Å². The number of hydrogen-bond acceptors (Lipinski definition) is 1. The van der Waals surface area contributed by atoms with Crippen LogP contribution < -0.4 is 0 Å². The molecule has 0 aliphatic heterocycles. The first-order valence-corrected chi connectivity index (χ1v) is 7.12. The molecule has 106 valence electrons. The number of rotatable bonds is 9. The molecule has 0 N–H and O–H groups in total. The fourth-order valence-corrected chi connectivity index (χ4v) is 2.00. The summed E-state index contributed by atoms with van der Waals surface area (Å²) in [6.07, 6.45) is 10.7. The molecule has 0 spiro atoms. The van der Waals surface area contributed by atoms with E-state index < -0.39 is 5.41 Å². The molecule has 1 aromatic rings. The Kier molecular flexibility index (Phi) is 6.72. The van der Waals surface area contributed by atoms with Crippen LogP contribution in [0.4, 0.5) is 0 Å². The standard InChI is InChI=1S/C19H24O/c1-4-6-16-19(3,5-2)18(20)15-11-10-14-17-12-8-7-9-13-17/h4-5,7-9,11-13,15H,1-2,6,10,14,16H2,3H3/b15-11+. The quantitative estimate of drug-likeness (QED) is 0.460. The van der Waals surface area contributed by atoms with Gasteiger partial charge in [0.1, 0.15) is 0 Å². The van der Waals surface area contributed by atoms with Crippen molar-refractivity contribution in [1.82, 2.24) is 0 Å². The predicted octanol–water partition coefficient (Wildman–Crippen LogP) is 4.90. The Morgan fingerprint density at radius 1 is 1.20 bits per heavy atom. The maximum atomic E-state index is 12.2. The van der Waals surface area contributed by atoms with Crippen LogP contribution in [0, 0.1) is 5.41 Å². The largest absolute Gasteiger partial charge is 0.294 e. The summed E-state index contributed by atoms with van der Waals surface area (Å²) in [5, 5.41) is 0. The molecule has 0 radical (unpaired) electrons. The summed E-state index contributed by atoms with van der Waals surface area (Å²) in [5.74, 6) is 0.127. The zero-order valence-corrected chi connectivity index (χ0v) is 12.3. The molecule has 20 heavy (non-hydrogen) atoms. The minimum Gasteiger partial charge on any atom is -0.294 e. The Bertz CT molecular complexity index is 470. The van der Waals surface area contributed by atoms with Crippen molar-refractivity contribution in [3.63, 3.8) is 0 Å². The lowest BCUT2D eigenvalue weighted by Crippen LogP contribution is -2.23. The summed E-state index contributed by atoms with van der Waals surface area (Å²) in [6.45, 7) is 9.43. The number of allylic oxidation sites excluding steroid dienone is 4. The Morgan fingerprint density at radius 2 is 1.90 bits per heavy atom. The highest BCUT2D eigenvalue weighted by atomic mass is 16.1. The van der Waals surface area contributed by atoms with E-state index >= 15 is 0 Å². The first kappa shape index (κ1) is 16.2. The third-order valence-electron chi connectivity index (χ3n) is 3.59. The van der Waals surface area contributed by atoms with E-state index in [1.807, 2.05) is 37.3 Å². The summed E-state index contributed by atoms with van der Waals surface area (Å²) in [7, 11) is 0. The van der Waals surface area contributed by atoms with Crippen LogP contribution in [0.2, 0.25) is 0 Å². The van der Waals surface area contributed by atoms with Crippen LogP contribution in [-0.4, -0.2) is 5.78 Å². The van der Waals surface area contributed by atoms with Crippen molar-refractivity contribution in [2.24, 2.45) is 5.41 Å². The second-order valence-corrected chi connectivity index (χ2v) is 5.24. The summed E-state index contributed by atoms with van der Waals surface area (Å²) in [4.78, 5) is 12.2. The smallest absolute Gasteiger partial charge is 0.164 e. The average molecular weight is 268 g/mol. The third kappa shape index (κ3) is 5.00. The Morgan fingerprint density at radius 3 is 2.50 bits per heavy atom. The molecule has 0 saturated heterocycles. The first-order valence-electron chi connectivity index (χ1n) is 7.12. The van der Waals surface area contributed by atoms with E-state index in [1.54, 1.807) is 12.2 Å². The molecule has 1 atom stereocenters. The van der Waals surface area contributed by atoms with Crippen molar-refractivity contribution in [2.75, 3.05) is 0 Å². The normalized spacial score (nSPS) is 13.8. The molecule has 0 aliphatic rings. The topological polar surface area (TPSA) is 17.1 Å². The van der Waals surface area contributed by atoms with Gasteiger partial charge in [-0.05, 0) is 44.2 Å². The van der Waals surface area contributed by atoms with E-state index in [0.717, 1.165) is 25.7 Å². The fraction of sp³-hybridized carbons (Fsp3) is 0.316. The third-order valence-corrected chi connectivity index (χ3v) is 3.59. The molecular weight excluding hydrogens is 244 g/mol. The SMILES string of the molecule is C=CCCC(C)(C=C)C(=O)/C=C/CCc1ccccc1. The summed E-state index contributed by atoms with van der Waals surface area (Å²) >= 11 is 0. The highest BCUT2D eigenvalue weighted by molar-refractivity contribution is 5.95. The molecule has 1 rings (SSSR count). The van der Waals surface area contributed by atoms with Crippen molar-refractivity contribution in [2.45, 2.75) is 32.6 Å². The maximum Gasteiger partial charge on any atom is 0.164 e. The van der Waals surface area contributed by atoms with Gasteiger partial charge in [0.2, 0.25) is 0 Å². The van der Waals surface area contributed by atoms with Crippen LogP contribution in [0.3, 0.4) is 0 Å².